The van der Waals surface area contributed by atoms with Crippen LogP contribution in [-0.2, 0) is 0 Å². The Balaban J connectivity index is 1.82. The number of thiazole rings is 1. The van der Waals surface area contributed by atoms with Gasteiger partial charge in [-0.3, -0.25) is 4.90 Å². The zero-order valence-electron chi connectivity index (χ0n) is 11.8. The van der Waals surface area contributed by atoms with Gasteiger partial charge in [-0.1, -0.05) is 6.92 Å². The average Bonchev–Trinajstić information content (AvgIpc) is 2.83. The molecule has 2 heterocycles. The molecular formula is C14H25N3S. The van der Waals surface area contributed by atoms with E-state index in [1.54, 1.807) is 11.3 Å². The number of nitrogens with one attached hydrogen (secondary N) is 1. The fraction of sp³-hybridized carbons (Fsp3) is 0.786. The minimum Gasteiger partial charge on any atom is -0.317 e. The summed E-state index contributed by atoms with van der Waals surface area (Å²) in [7, 11) is 0. The van der Waals surface area contributed by atoms with Gasteiger partial charge >= 0.3 is 0 Å². The van der Waals surface area contributed by atoms with Crippen LogP contribution in [0.25, 0.3) is 0 Å². The van der Waals surface area contributed by atoms with E-state index in [4.69, 9.17) is 0 Å². The van der Waals surface area contributed by atoms with E-state index in [-0.39, 0.29) is 0 Å². The standard InChI is InChI=1S/C14H25N3S/c1-4-15-9-13-5-7-17(8-6-13)11(2)14-10-18-12(3)16-14/h10-11,13,15H,4-9H2,1-3H3. The summed E-state index contributed by atoms with van der Waals surface area (Å²) < 4.78 is 0. The first-order chi connectivity index (χ1) is 8.70. The van der Waals surface area contributed by atoms with Gasteiger partial charge < -0.3 is 5.32 Å². The maximum Gasteiger partial charge on any atom is 0.0898 e. The monoisotopic (exact) mass is 267 g/mol. The molecule has 102 valence electrons. The van der Waals surface area contributed by atoms with Crippen LogP contribution < -0.4 is 5.32 Å². The Morgan fingerprint density at radius 2 is 2.22 bits per heavy atom. The summed E-state index contributed by atoms with van der Waals surface area (Å²) in [5.41, 5.74) is 1.25. The number of rotatable bonds is 5. The van der Waals surface area contributed by atoms with Crippen LogP contribution in [0.15, 0.2) is 5.38 Å². The third-order valence-electron chi connectivity index (χ3n) is 3.94. The summed E-state index contributed by atoms with van der Waals surface area (Å²) in [6.45, 7) is 11.3. The van der Waals surface area contributed by atoms with E-state index < -0.39 is 0 Å². The summed E-state index contributed by atoms with van der Waals surface area (Å²) in [5, 5.41) is 6.86. The molecule has 2 rings (SSSR count). The van der Waals surface area contributed by atoms with Crippen molar-refractivity contribution in [3.8, 4) is 0 Å². The number of hydrogen-bond acceptors (Lipinski definition) is 4. The Morgan fingerprint density at radius 1 is 1.50 bits per heavy atom. The van der Waals surface area contributed by atoms with Crippen molar-refractivity contribution in [1.82, 2.24) is 15.2 Å². The molecule has 0 aromatic carbocycles. The lowest BCUT2D eigenvalue weighted by Gasteiger charge is -2.35. The molecule has 1 unspecified atom stereocenters. The maximum absolute atomic E-state index is 4.62. The zero-order valence-corrected chi connectivity index (χ0v) is 12.6. The lowest BCUT2D eigenvalue weighted by molar-refractivity contribution is 0.138. The first-order valence-electron chi connectivity index (χ1n) is 7.07. The second kappa shape index (κ2) is 6.64. The number of piperidine rings is 1. The van der Waals surface area contributed by atoms with Crippen molar-refractivity contribution in [2.75, 3.05) is 26.2 Å². The van der Waals surface area contributed by atoms with Gasteiger partial charge in [0.1, 0.15) is 0 Å². The summed E-state index contributed by atoms with van der Waals surface area (Å²) in [6.07, 6.45) is 2.64. The Bertz CT molecular complexity index is 356. The minimum atomic E-state index is 0.482. The quantitative estimate of drug-likeness (QED) is 0.889. The van der Waals surface area contributed by atoms with E-state index in [1.807, 2.05) is 0 Å². The topological polar surface area (TPSA) is 28.2 Å². The Morgan fingerprint density at radius 3 is 2.78 bits per heavy atom. The highest BCUT2D eigenvalue weighted by Crippen LogP contribution is 2.26. The summed E-state index contributed by atoms with van der Waals surface area (Å²) in [5.74, 6) is 0.866. The van der Waals surface area contributed by atoms with E-state index in [0.717, 1.165) is 12.5 Å². The van der Waals surface area contributed by atoms with Crippen LogP contribution >= 0.6 is 11.3 Å². The molecule has 1 saturated heterocycles. The molecule has 1 atom stereocenters. The average molecular weight is 267 g/mol. The Hall–Kier alpha value is -0.450. The predicted molar refractivity (Wildman–Crippen MR) is 78.1 cm³/mol. The van der Waals surface area contributed by atoms with Gasteiger partial charge in [0.05, 0.1) is 16.7 Å². The largest absolute Gasteiger partial charge is 0.317 e. The molecule has 1 aliphatic heterocycles. The number of nitrogens with zero attached hydrogens (tertiary/aromatic N) is 2. The molecule has 0 amide bonds. The van der Waals surface area contributed by atoms with Gasteiger partial charge in [-0.05, 0) is 58.8 Å². The molecule has 1 fully saturated rings. The molecule has 0 radical (unpaired) electrons. The van der Waals surface area contributed by atoms with Crippen molar-refractivity contribution < 1.29 is 0 Å². The molecule has 0 saturated carbocycles. The SMILES string of the molecule is CCNCC1CCN(C(C)c2csc(C)n2)CC1. The van der Waals surface area contributed by atoms with Crippen molar-refractivity contribution >= 4 is 11.3 Å². The van der Waals surface area contributed by atoms with Crippen LogP contribution in [0.2, 0.25) is 0 Å². The third-order valence-corrected chi connectivity index (χ3v) is 4.74. The fourth-order valence-corrected chi connectivity index (χ4v) is 3.35. The van der Waals surface area contributed by atoms with Crippen LogP contribution in [-0.4, -0.2) is 36.1 Å². The Kier molecular flexibility index (Phi) is 5.15. The van der Waals surface area contributed by atoms with Crippen LogP contribution in [0.5, 0.6) is 0 Å². The number of likely N-dealkylation sites (tertiary alicyclic amines) is 1. The van der Waals surface area contributed by atoms with Crippen molar-refractivity contribution in [1.29, 1.82) is 0 Å². The van der Waals surface area contributed by atoms with E-state index in [1.165, 1.54) is 43.2 Å². The molecule has 1 aliphatic rings. The fourth-order valence-electron chi connectivity index (χ4n) is 2.65. The van der Waals surface area contributed by atoms with Crippen molar-refractivity contribution in [3.63, 3.8) is 0 Å². The molecule has 4 heteroatoms. The number of aryl methyl sites for hydroxylation is 1. The van der Waals surface area contributed by atoms with Crippen molar-refractivity contribution in [2.45, 2.75) is 39.7 Å². The first kappa shape index (κ1) is 14.0. The van der Waals surface area contributed by atoms with E-state index >= 15 is 0 Å². The predicted octanol–water partition coefficient (Wildman–Crippen LogP) is 2.83. The molecule has 1 aromatic heterocycles. The van der Waals surface area contributed by atoms with Gasteiger partial charge in [0.25, 0.3) is 0 Å². The van der Waals surface area contributed by atoms with Crippen LogP contribution in [0.1, 0.15) is 43.4 Å². The second-order valence-corrected chi connectivity index (χ2v) is 6.32. The van der Waals surface area contributed by atoms with Gasteiger partial charge in [-0.25, -0.2) is 4.98 Å². The highest BCUT2D eigenvalue weighted by Gasteiger charge is 2.24. The molecule has 0 bridgehead atoms. The first-order valence-corrected chi connectivity index (χ1v) is 7.95. The van der Waals surface area contributed by atoms with E-state index in [9.17, 15) is 0 Å². The van der Waals surface area contributed by atoms with Gasteiger partial charge in [0.2, 0.25) is 0 Å². The highest BCUT2D eigenvalue weighted by atomic mass is 32.1. The molecular weight excluding hydrogens is 242 g/mol. The van der Waals surface area contributed by atoms with Gasteiger partial charge in [-0.2, -0.15) is 0 Å². The normalized spacial score (nSPS) is 20.2. The third kappa shape index (κ3) is 3.53. The molecule has 18 heavy (non-hydrogen) atoms. The van der Waals surface area contributed by atoms with Gasteiger partial charge in [0.15, 0.2) is 0 Å². The molecule has 1 aromatic rings. The van der Waals surface area contributed by atoms with Crippen LogP contribution in [0.4, 0.5) is 0 Å². The summed E-state index contributed by atoms with van der Waals surface area (Å²) in [6, 6.07) is 0.482. The molecule has 1 N–H and O–H groups in total. The van der Waals surface area contributed by atoms with Crippen LogP contribution in [0.3, 0.4) is 0 Å². The zero-order chi connectivity index (χ0) is 13.0. The van der Waals surface area contributed by atoms with E-state index in [0.29, 0.717) is 6.04 Å². The molecule has 0 spiro atoms. The van der Waals surface area contributed by atoms with E-state index in [2.05, 4.69) is 41.4 Å². The summed E-state index contributed by atoms with van der Waals surface area (Å²) >= 11 is 1.76. The number of hydrogen-bond donors (Lipinski definition) is 1. The van der Waals surface area contributed by atoms with Gasteiger partial charge in [-0.15, -0.1) is 11.3 Å². The van der Waals surface area contributed by atoms with Gasteiger partial charge in [0, 0.05) is 5.38 Å². The number of aromatic nitrogens is 1. The smallest absolute Gasteiger partial charge is 0.0898 e. The maximum atomic E-state index is 4.62. The second-order valence-electron chi connectivity index (χ2n) is 5.25. The molecule has 0 aliphatic carbocycles. The Labute approximate surface area is 115 Å². The van der Waals surface area contributed by atoms with Crippen molar-refractivity contribution in [2.24, 2.45) is 5.92 Å². The van der Waals surface area contributed by atoms with Crippen LogP contribution in [0, 0.1) is 12.8 Å². The molecule has 3 nitrogen and oxygen atoms in total. The highest BCUT2D eigenvalue weighted by molar-refractivity contribution is 7.09. The lowest BCUT2D eigenvalue weighted by Crippen LogP contribution is -2.38. The summed E-state index contributed by atoms with van der Waals surface area (Å²) in [4.78, 5) is 7.20. The lowest BCUT2D eigenvalue weighted by atomic mass is 9.95. The van der Waals surface area contributed by atoms with Crippen molar-refractivity contribution in [3.05, 3.63) is 16.1 Å². The minimum absolute atomic E-state index is 0.482.